The zero-order valence-corrected chi connectivity index (χ0v) is 13.3. The van der Waals surface area contributed by atoms with Crippen LogP contribution in [0.2, 0.25) is 0 Å². The minimum atomic E-state index is -3.11. The van der Waals surface area contributed by atoms with E-state index in [9.17, 15) is 18.0 Å². The number of carbonyl (C=O) groups is 2. The molecule has 0 radical (unpaired) electrons. The lowest BCUT2D eigenvalue weighted by Crippen LogP contribution is -2.50. The van der Waals surface area contributed by atoms with E-state index in [1.165, 1.54) is 11.3 Å². The fourth-order valence-electron chi connectivity index (χ4n) is 3.14. The van der Waals surface area contributed by atoms with Gasteiger partial charge in [-0.25, -0.2) is 8.42 Å². The van der Waals surface area contributed by atoms with Gasteiger partial charge in [-0.2, -0.15) is 0 Å². The Morgan fingerprint density at radius 3 is 2.48 bits per heavy atom. The van der Waals surface area contributed by atoms with E-state index < -0.39 is 15.9 Å². The van der Waals surface area contributed by atoms with E-state index in [2.05, 4.69) is 5.32 Å². The van der Waals surface area contributed by atoms with Crippen molar-refractivity contribution in [3.8, 4) is 0 Å². The fraction of sp³-hybridized carbons (Fsp3) is 0.857. The van der Waals surface area contributed by atoms with Crippen LogP contribution in [0.4, 0.5) is 0 Å². The molecule has 2 fully saturated rings. The van der Waals surface area contributed by atoms with Crippen molar-refractivity contribution in [2.24, 2.45) is 5.92 Å². The van der Waals surface area contributed by atoms with Crippen molar-refractivity contribution in [3.05, 3.63) is 0 Å². The standard InChI is InChI=1S/C14H24N2O4S/c1-21(19,20)10-9-16-8-7-12(17)15-13(14(16)18)11-5-3-2-4-6-11/h11,13H,2-10H2,1H3,(H,15,17). The summed E-state index contributed by atoms with van der Waals surface area (Å²) in [7, 11) is -3.11. The van der Waals surface area contributed by atoms with E-state index in [1.807, 2.05) is 0 Å². The molecule has 1 saturated heterocycles. The molecule has 0 bridgehead atoms. The number of amides is 2. The molecule has 1 N–H and O–H groups in total. The Bertz CT molecular complexity index is 497. The van der Waals surface area contributed by atoms with Crippen LogP contribution in [-0.2, 0) is 19.4 Å². The van der Waals surface area contributed by atoms with E-state index >= 15 is 0 Å². The highest BCUT2D eigenvalue weighted by molar-refractivity contribution is 7.90. The lowest BCUT2D eigenvalue weighted by Gasteiger charge is -2.31. The first-order chi connectivity index (χ1) is 9.87. The van der Waals surface area contributed by atoms with Gasteiger partial charge in [-0.05, 0) is 18.8 Å². The van der Waals surface area contributed by atoms with E-state index in [1.54, 1.807) is 0 Å². The van der Waals surface area contributed by atoms with Crippen molar-refractivity contribution in [1.82, 2.24) is 10.2 Å². The van der Waals surface area contributed by atoms with Crippen LogP contribution in [0.25, 0.3) is 0 Å². The van der Waals surface area contributed by atoms with Gasteiger partial charge in [0.25, 0.3) is 0 Å². The average molecular weight is 316 g/mol. The van der Waals surface area contributed by atoms with Gasteiger partial charge in [-0.3, -0.25) is 9.59 Å². The Labute approximate surface area is 126 Å². The van der Waals surface area contributed by atoms with E-state index in [4.69, 9.17) is 0 Å². The molecule has 120 valence electrons. The first-order valence-corrected chi connectivity index (χ1v) is 9.69. The maximum absolute atomic E-state index is 12.6. The molecule has 0 aromatic rings. The zero-order chi connectivity index (χ0) is 15.5. The topological polar surface area (TPSA) is 83.6 Å². The second kappa shape index (κ2) is 6.77. The van der Waals surface area contributed by atoms with Crippen molar-refractivity contribution in [2.75, 3.05) is 25.1 Å². The minimum Gasteiger partial charge on any atom is -0.344 e. The Morgan fingerprint density at radius 1 is 1.19 bits per heavy atom. The van der Waals surface area contributed by atoms with Gasteiger partial charge in [0, 0.05) is 25.8 Å². The molecule has 1 atom stereocenters. The normalized spacial score (nSPS) is 25.6. The number of hydrogen-bond acceptors (Lipinski definition) is 4. The highest BCUT2D eigenvalue weighted by atomic mass is 32.2. The Kier molecular flexibility index (Phi) is 5.24. The number of hydrogen-bond donors (Lipinski definition) is 1. The summed E-state index contributed by atoms with van der Waals surface area (Å²) >= 11 is 0. The van der Waals surface area contributed by atoms with E-state index in [0.717, 1.165) is 31.9 Å². The van der Waals surface area contributed by atoms with Crippen LogP contribution in [-0.4, -0.2) is 56.3 Å². The van der Waals surface area contributed by atoms with Gasteiger partial charge in [0.15, 0.2) is 0 Å². The van der Waals surface area contributed by atoms with Crippen LogP contribution in [0.3, 0.4) is 0 Å². The Balaban J connectivity index is 2.07. The van der Waals surface area contributed by atoms with Crippen LogP contribution in [0.15, 0.2) is 0 Å². The molecule has 1 aliphatic carbocycles. The van der Waals surface area contributed by atoms with Gasteiger partial charge in [0.05, 0.1) is 5.75 Å². The molecule has 0 aromatic carbocycles. The predicted octanol–water partition coefficient (Wildman–Crippen LogP) is 0.328. The molecule has 7 heteroatoms. The maximum Gasteiger partial charge on any atom is 0.245 e. The van der Waals surface area contributed by atoms with Crippen LogP contribution >= 0.6 is 0 Å². The predicted molar refractivity (Wildman–Crippen MR) is 79.4 cm³/mol. The maximum atomic E-state index is 12.6. The number of nitrogens with one attached hydrogen (secondary N) is 1. The van der Waals surface area contributed by atoms with Gasteiger partial charge >= 0.3 is 0 Å². The highest BCUT2D eigenvalue weighted by Gasteiger charge is 2.36. The van der Waals surface area contributed by atoms with Crippen LogP contribution in [0.5, 0.6) is 0 Å². The lowest BCUT2D eigenvalue weighted by molar-refractivity contribution is -0.135. The third-order valence-corrected chi connectivity index (χ3v) is 5.28. The zero-order valence-electron chi connectivity index (χ0n) is 12.5. The summed E-state index contributed by atoms with van der Waals surface area (Å²) in [6.07, 6.45) is 6.69. The molecular weight excluding hydrogens is 292 g/mol. The molecule has 1 heterocycles. The molecule has 1 unspecified atom stereocenters. The molecule has 6 nitrogen and oxygen atoms in total. The van der Waals surface area contributed by atoms with Gasteiger partial charge in [0.2, 0.25) is 11.8 Å². The first-order valence-electron chi connectivity index (χ1n) is 7.63. The van der Waals surface area contributed by atoms with E-state index in [0.29, 0.717) is 6.54 Å². The smallest absolute Gasteiger partial charge is 0.245 e. The SMILES string of the molecule is CS(=O)(=O)CCN1CCC(=O)NC(C2CCCCC2)C1=O. The van der Waals surface area contributed by atoms with E-state index in [-0.39, 0.29) is 36.5 Å². The monoisotopic (exact) mass is 316 g/mol. The molecule has 0 spiro atoms. The fourth-order valence-corrected chi connectivity index (χ4v) is 3.69. The Hall–Kier alpha value is -1.11. The number of carbonyl (C=O) groups excluding carboxylic acids is 2. The highest BCUT2D eigenvalue weighted by Crippen LogP contribution is 2.28. The summed E-state index contributed by atoms with van der Waals surface area (Å²) in [5.74, 6) is -0.0872. The summed E-state index contributed by atoms with van der Waals surface area (Å²) in [6.45, 7) is 0.485. The summed E-state index contributed by atoms with van der Waals surface area (Å²) in [4.78, 5) is 26.0. The summed E-state index contributed by atoms with van der Waals surface area (Å²) in [6, 6.07) is -0.472. The van der Waals surface area contributed by atoms with Gasteiger partial charge in [-0.15, -0.1) is 0 Å². The third-order valence-electron chi connectivity index (χ3n) is 4.36. The van der Waals surface area contributed by atoms with Gasteiger partial charge < -0.3 is 10.2 Å². The number of sulfone groups is 1. The molecule has 1 aliphatic heterocycles. The van der Waals surface area contributed by atoms with Crippen molar-refractivity contribution >= 4 is 21.7 Å². The summed E-state index contributed by atoms with van der Waals surface area (Å²) in [5.41, 5.74) is 0. The molecule has 21 heavy (non-hydrogen) atoms. The Morgan fingerprint density at radius 2 is 1.86 bits per heavy atom. The summed E-state index contributed by atoms with van der Waals surface area (Å²) in [5, 5.41) is 2.85. The third kappa shape index (κ3) is 4.69. The van der Waals surface area contributed by atoms with Crippen LogP contribution in [0.1, 0.15) is 38.5 Å². The van der Waals surface area contributed by atoms with Gasteiger partial charge in [-0.1, -0.05) is 19.3 Å². The average Bonchev–Trinajstić information content (AvgIpc) is 2.57. The summed E-state index contributed by atoms with van der Waals surface area (Å²) < 4.78 is 22.6. The number of nitrogens with zero attached hydrogens (tertiary/aromatic N) is 1. The van der Waals surface area contributed by atoms with Crippen LogP contribution < -0.4 is 5.32 Å². The van der Waals surface area contributed by atoms with Crippen LogP contribution in [0, 0.1) is 5.92 Å². The van der Waals surface area contributed by atoms with Crippen molar-refractivity contribution in [2.45, 2.75) is 44.6 Å². The largest absolute Gasteiger partial charge is 0.344 e. The minimum absolute atomic E-state index is 0.0513. The molecule has 2 aliphatic rings. The van der Waals surface area contributed by atoms with Crippen molar-refractivity contribution < 1.29 is 18.0 Å². The molecule has 2 amide bonds. The lowest BCUT2D eigenvalue weighted by atomic mass is 9.83. The molecule has 0 aromatic heterocycles. The molecular formula is C14H24N2O4S. The second-order valence-electron chi connectivity index (χ2n) is 6.15. The van der Waals surface area contributed by atoms with Crippen molar-refractivity contribution in [3.63, 3.8) is 0 Å². The van der Waals surface area contributed by atoms with Crippen molar-refractivity contribution in [1.29, 1.82) is 0 Å². The second-order valence-corrected chi connectivity index (χ2v) is 8.41. The quantitative estimate of drug-likeness (QED) is 0.810. The number of rotatable bonds is 4. The first kappa shape index (κ1) is 16.3. The molecule has 1 saturated carbocycles. The molecule has 2 rings (SSSR count). The van der Waals surface area contributed by atoms with Gasteiger partial charge in [0.1, 0.15) is 15.9 Å².